The van der Waals surface area contributed by atoms with Gasteiger partial charge in [-0.3, -0.25) is 0 Å². The molecular weight excluding hydrogens is 1130 g/mol. The van der Waals surface area contributed by atoms with Crippen molar-refractivity contribution in [3.8, 4) is 0 Å². The van der Waals surface area contributed by atoms with Crippen molar-refractivity contribution in [3.63, 3.8) is 0 Å². The monoisotopic (exact) mass is 1170 g/mol. The summed E-state index contributed by atoms with van der Waals surface area (Å²) >= 11 is 0. The molecule has 2 radical (unpaired) electrons. The molecule has 54 heavy (non-hydrogen) atoms. The van der Waals surface area contributed by atoms with Crippen LogP contribution in [0, 0.1) is 0 Å². The molecule has 4 fully saturated rings. The van der Waals surface area contributed by atoms with Gasteiger partial charge < -0.3 is 69.9 Å². The van der Waals surface area contributed by atoms with E-state index in [1.54, 1.807) is 0 Å². The number of fused-ring (bicyclic) bond motifs is 4. The first-order valence-corrected chi connectivity index (χ1v) is 19.1. The molecule has 8 aliphatic heterocycles. The number of nitrogens with zero attached hydrogens (tertiary/aromatic N) is 12. The van der Waals surface area contributed by atoms with E-state index in [-0.39, 0.29) is 40.8 Å². The van der Waals surface area contributed by atoms with Crippen molar-refractivity contribution < 1.29 is 93.1 Å². The largest absolute Gasteiger partial charge is 0.741 e. The fourth-order valence-electron chi connectivity index (χ4n) is 5.09. The molecule has 0 amide bonds. The van der Waals surface area contributed by atoms with Crippen LogP contribution in [0.4, 0.5) is 26.3 Å². The Labute approximate surface area is 337 Å². The molecule has 0 unspecified atom stereocenters. The Morgan fingerprint density at radius 2 is 0.630 bits per heavy atom. The van der Waals surface area contributed by atoms with E-state index in [1.165, 1.54) is 51.9 Å². The molecule has 0 aromatic carbocycles. The molecule has 0 atom stereocenters. The van der Waals surface area contributed by atoms with Crippen molar-refractivity contribution in [1.82, 2.24) is 19.6 Å². The van der Waals surface area contributed by atoms with Gasteiger partial charge in [0.15, 0.2) is 20.2 Å². The van der Waals surface area contributed by atoms with Gasteiger partial charge in [-0.1, -0.05) is 0 Å². The molecule has 0 saturated carbocycles. The van der Waals surface area contributed by atoms with Gasteiger partial charge in [0, 0.05) is 64.7 Å². The van der Waals surface area contributed by atoms with Crippen LogP contribution in [-0.2, 0) is 61.1 Å². The minimum Gasteiger partial charge on any atom is -0.741 e. The molecule has 314 valence electrons. The van der Waals surface area contributed by atoms with E-state index in [2.05, 4.69) is 60.8 Å². The van der Waals surface area contributed by atoms with E-state index in [9.17, 15) is 26.3 Å². The van der Waals surface area contributed by atoms with Crippen LogP contribution in [0.15, 0.2) is 20.0 Å². The second-order valence-electron chi connectivity index (χ2n) is 11.4. The number of aliphatic imine (C=N–C) groups is 4. The van der Waals surface area contributed by atoms with Gasteiger partial charge in [0.25, 0.3) is 0 Å². The molecule has 0 aliphatic carbocycles. The number of hydrogen-bond acceptors (Lipinski definition) is 14. The van der Waals surface area contributed by atoms with Crippen LogP contribution in [0.25, 0.3) is 21.3 Å². The van der Waals surface area contributed by atoms with E-state index in [4.69, 9.17) is 25.9 Å². The van der Waals surface area contributed by atoms with Crippen LogP contribution in [0.2, 0.25) is 0 Å². The summed E-state index contributed by atoms with van der Waals surface area (Å²) in [7, 11) is -12.2. The number of rotatable bonds is 0. The van der Waals surface area contributed by atoms with Crippen molar-refractivity contribution in [2.24, 2.45) is 20.0 Å². The molecule has 0 N–H and O–H groups in total. The first-order valence-electron chi connectivity index (χ1n) is 16.3. The summed E-state index contributed by atoms with van der Waals surface area (Å²) < 4.78 is 118. The molecule has 8 rings (SSSR count). The van der Waals surface area contributed by atoms with Crippen LogP contribution >= 0.6 is 0 Å². The maximum absolute atomic E-state index is 10.7. The number of guanidine groups is 4. The molecule has 0 aromatic rings. The predicted molar refractivity (Wildman–Crippen MR) is 178 cm³/mol. The van der Waals surface area contributed by atoms with Gasteiger partial charge in [-0.2, -0.15) is 26.3 Å². The van der Waals surface area contributed by atoms with Crippen molar-refractivity contribution in [1.29, 1.82) is 0 Å². The van der Waals surface area contributed by atoms with E-state index >= 15 is 0 Å². The Morgan fingerprint density at radius 3 is 0.778 bits per heavy atom. The minimum atomic E-state index is -6.09. The molecular formula is C26H40F6N12O6Re2S2-6. The topological polar surface area (TPSA) is 233 Å². The standard InChI is InChI=1S/4C6H10N3.2CHF3O3S.2Re/c4*1-2-7-6-8-3-5-9(6)4-1;2*2-1(3,4)8(5,6)7;;/h4*1-5H2;2*(H,5,6,7);;/q4*-1;;;;/p-2. The van der Waals surface area contributed by atoms with E-state index in [1.807, 2.05) is 0 Å². The van der Waals surface area contributed by atoms with Crippen molar-refractivity contribution in [2.75, 3.05) is 105 Å². The summed E-state index contributed by atoms with van der Waals surface area (Å²) in [6.07, 6.45) is 4.83. The Morgan fingerprint density at radius 1 is 0.444 bits per heavy atom. The second-order valence-corrected chi connectivity index (χ2v) is 14.2. The van der Waals surface area contributed by atoms with E-state index in [0.717, 1.165) is 102 Å². The zero-order chi connectivity index (χ0) is 38.4. The molecule has 0 spiro atoms. The second kappa shape index (κ2) is 23.1. The zero-order valence-electron chi connectivity index (χ0n) is 28.8. The van der Waals surface area contributed by atoms with E-state index in [0.29, 0.717) is 0 Å². The van der Waals surface area contributed by atoms with Crippen LogP contribution in [0.5, 0.6) is 0 Å². The summed E-state index contributed by atoms with van der Waals surface area (Å²) in [4.78, 5) is 26.1. The van der Waals surface area contributed by atoms with Gasteiger partial charge in [0.1, 0.15) is 0 Å². The predicted octanol–water partition coefficient (Wildman–Crippen LogP) is 1.84. The molecule has 4 saturated heterocycles. The van der Waals surface area contributed by atoms with Crippen LogP contribution in [-0.4, -0.2) is 185 Å². The van der Waals surface area contributed by atoms with Crippen LogP contribution < -0.4 is 0 Å². The molecule has 18 nitrogen and oxygen atoms in total. The van der Waals surface area contributed by atoms with Crippen molar-refractivity contribution in [2.45, 2.75) is 36.7 Å². The van der Waals surface area contributed by atoms with Crippen molar-refractivity contribution in [3.05, 3.63) is 21.3 Å². The van der Waals surface area contributed by atoms with Crippen molar-refractivity contribution >= 4 is 44.1 Å². The summed E-state index contributed by atoms with van der Waals surface area (Å²) in [5.74, 6) is 4.00. The maximum atomic E-state index is 10.7. The average Bonchev–Trinajstić information content (AvgIpc) is 3.91. The first-order chi connectivity index (χ1) is 24.4. The fraction of sp³-hybridized carbons (Fsp3) is 0.846. The van der Waals surface area contributed by atoms with Gasteiger partial charge in [-0.15, -0.1) is 0 Å². The maximum Gasteiger partial charge on any atom is 0.485 e. The van der Waals surface area contributed by atoms with Crippen LogP contribution in [0.1, 0.15) is 25.7 Å². The number of hydrogen-bond donors (Lipinski definition) is 0. The van der Waals surface area contributed by atoms with Gasteiger partial charge in [0.05, 0.1) is 0 Å². The Balaban J connectivity index is 0.000000322. The molecule has 0 aromatic heterocycles. The smallest absolute Gasteiger partial charge is 0.485 e. The molecule has 28 heteroatoms. The Kier molecular flexibility index (Phi) is 21.3. The molecule has 8 aliphatic rings. The summed E-state index contributed by atoms with van der Waals surface area (Å²) in [6.45, 7) is 16.8. The summed E-state index contributed by atoms with van der Waals surface area (Å²) in [5.41, 5.74) is -11.3. The number of halogens is 6. The van der Waals surface area contributed by atoms with Crippen LogP contribution in [0.3, 0.4) is 0 Å². The zero-order valence-corrected chi connectivity index (χ0v) is 35.9. The third-order valence-electron chi connectivity index (χ3n) is 7.55. The van der Waals surface area contributed by atoms with Gasteiger partial charge in [-0.05, 0) is 130 Å². The van der Waals surface area contributed by atoms with E-state index < -0.39 is 31.3 Å². The van der Waals surface area contributed by atoms with Gasteiger partial charge >= 0.3 is 11.0 Å². The Hall–Kier alpha value is -2.20. The van der Waals surface area contributed by atoms with Gasteiger partial charge in [0.2, 0.25) is 0 Å². The van der Waals surface area contributed by atoms with Gasteiger partial charge in [-0.25, -0.2) is 16.8 Å². The average molecular weight is 1170 g/mol. The number of alkyl halides is 6. The SMILES string of the molecule is C1CN=C2[N-]CCN2C1.C1CN=C2[N-]CCN2C1.C1CN=C2[N-]CCN2C1.C1CN=C2[N-]CCN2C1.O=S(=O)([O-])C(F)(F)F.O=S(=O)([O-])C(F)(F)F.[Re].[Re]. The Bertz CT molecular complexity index is 1330. The molecule has 8 heterocycles. The summed E-state index contributed by atoms with van der Waals surface area (Å²) in [6, 6.07) is 0. The summed E-state index contributed by atoms with van der Waals surface area (Å²) in [5, 5.41) is 16.9. The molecule has 0 bridgehead atoms. The third-order valence-corrected chi connectivity index (χ3v) is 8.68. The normalized spacial score (nSPS) is 20.7. The fourth-order valence-corrected chi connectivity index (χ4v) is 5.09. The third kappa shape index (κ3) is 16.9. The first kappa shape index (κ1) is 49.8. The minimum absolute atomic E-state index is 0. The quantitative estimate of drug-likeness (QED) is 0.194.